The summed E-state index contributed by atoms with van der Waals surface area (Å²) >= 11 is 0. The standard InChI is InChI=1S/C19H15FO/c1-12-7-9-17(16-6-4-3-5-15(12)16)19(21)14-8-10-18(20)13(2)11-14/h3-11H,1-2H3. The molecule has 0 amide bonds. The van der Waals surface area contributed by atoms with Gasteiger partial charge in [0.2, 0.25) is 0 Å². The number of benzene rings is 3. The van der Waals surface area contributed by atoms with Gasteiger partial charge in [-0.1, -0.05) is 36.4 Å². The minimum absolute atomic E-state index is 0.0747. The molecule has 0 atom stereocenters. The first kappa shape index (κ1) is 13.5. The van der Waals surface area contributed by atoms with Gasteiger partial charge in [0.25, 0.3) is 0 Å². The van der Waals surface area contributed by atoms with Crippen LogP contribution in [-0.2, 0) is 0 Å². The Hall–Kier alpha value is -2.48. The normalized spacial score (nSPS) is 10.8. The molecule has 104 valence electrons. The van der Waals surface area contributed by atoms with Crippen LogP contribution < -0.4 is 0 Å². The van der Waals surface area contributed by atoms with Crippen molar-refractivity contribution < 1.29 is 9.18 Å². The van der Waals surface area contributed by atoms with E-state index in [2.05, 4.69) is 0 Å². The molecule has 0 bridgehead atoms. The molecule has 0 N–H and O–H groups in total. The molecule has 3 aromatic carbocycles. The summed E-state index contributed by atoms with van der Waals surface area (Å²) in [5.74, 6) is -0.366. The van der Waals surface area contributed by atoms with Gasteiger partial charge in [0.1, 0.15) is 5.82 Å². The van der Waals surface area contributed by atoms with Crippen molar-refractivity contribution in [1.29, 1.82) is 0 Å². The molecule has 0 saturated heterocycles. The smallest absolute Gasteiger partial charge is 0.193 e. The van der Waals surface area contributed by atoms with Crippen molar-refractivity contribution >= 4 is 16.6 Å². The fourth-order valence-corrected chi connectivity index (χ4v) is 2.59. The molecule has 0 aliphatic heterocycles. The maximum atomic E-state index is 13.4. The summed E-state index contributed by atoms with van der Waals surface area (Å²) in [5, 5.41) is 2.01. The van der Waals surface area contributed by atoms with E-state index in [1.807, 2.05) is 43.3 Å². The van der Waals surface area contributed by atoms with E-state index >= 15 is 0 Å². The lowest BCUT2D eigenvalue weighted by Gasteiger charge is -2.09. The van der Waals surface area contributed by atoms with Gasteiger partial charge in [-0.3, -0.25) is 4.79 Å². The Morgan fingerprint density at radius 1 is 0.857 bits per heavy atom. The van der Waals surface area contributed by atoms with Crippen LogP contribution in [0.2, 0.25) is 0 Å². The minimum Gasteiger partial charge on any atom is -0.289 e. The van der Waals surface area contributed by atoms with E-state index < -0.39 is 0 Å². The van der Waals surface area contributed by atoms with Gasteiger partial charge in [-0.2, -0.15) is 0 Å². The van der Waals surface area contributed by atoms with Crippen LogP contribution in [0.15, 0.2) is 54.6 Å². The number of carbonyl (C=O) groups excluding carboxylic acids is 1. The number of halogens is 1. The Balaban J connectivity index is 2.18. The summed E-state index contributed by atoms with van der Waals surface area (Å²) in [7, 11) is 0. The van der Waals surface area contributed by atoms with Crippen LogP contribution in [0.1, 0.15) is 27.0 Å². The van der Waals surface area contributed by atoms with Crippen LogP contribution in [0.3, 0.4) is 0 Å². The van der Waals surface area contributed by atoms with Gasteiger partial charge in [0, 0.05) is 11.1 Å². The molecule has 0 heterocycles. The average Bonchev–Trinajstić information content (AvgIpc) is 2.50. The van der Waals surface area contributed by atoms with Gasteiger partial charge in [-0.05, 0) is 53.9 Å². The van der Waals surface area contributed by atoms with E-state index in [0.29, 0.717) is 16.7 Å². The molecule has 2 heteroatoms. The number of aryl methyl sites for hydroxylation is 2. The van der Waals surface area contributed by atoms with Gasteiger partial charge in [-0.15, -0.1) is 0 Å². The zero-order valence-electron chi connectivity index (χ0n) is 12.0. The summed E-state index contributed by atoms with van der Waals surface area (Å²) in [4.78, 5) is 12.7. The largest absolute Gasteiger partial charge is 0.289 e. The van der Waals surface area contributed by atoms with E-state index in [-0.39, 0.29) is 11.6 Å². The summed E-state index contributed by atoms with van der Waals surface area (Å²) < 4.78 is 13.4. The summed E-state index contributed by atoms with van der Waals surface area (Å²) in [5.41, 5.74) is 2.79. The van der Waals surface area contributed by atoms with Crippen LogP contribution in [0.4, 0.5) is 4.39 Å². The van der Waals surface area contributed by atoms with E-state index in [0.717, 1.165) is 16.3 Å². The fraction of sp³-hybridized carbons (Fsp3) is 0.105. The predicted molar refractivity (Wildman–Crippen MR) is 83.3 cm³/mol. The number of hydrogen-bond acceptors (Lipinski definition) is 1. The van der Waals surface area contributed by atoms with Gasteiger partial charge in [-0.25, -0.2) is 4.39 Å². The fourth-order valence-electron chi connectivity index (χ4n) is 2.59. The second kappa shape index (κ2) is 5.13. The third-order valence-corrected chi connectivity index (χ3v) is 3.81. The predicted octanol–water partition coefficient (Wildman–Crippen LogP) is 4.83. The molecule has 0 radical (unpaired) electrons. The molecule has 3 aromatic rings. The highest BCUT2D eigenvalue weighted by atomic mass is 19.1. The topological polar surface area (TPSA) is 17.1 Å². The number of carbonyl (C=O) groups is 1. The van der Waals surface area contributed by atoms with Crippen LogP contribution in [-0.4, -0.2) is 5.78 Å². The molecular weight excluding hydrogens is 263 g/mol. The highest BCUT2D eigenvalue weighted by Gasteiger charge is 2.14. The van der Waals surface area contributed by atoms with Crippen molar-refractivity contribution in [3.63, 3.8) is 0 Å². The first-order chi connectivity index (χ1) is 10.1. The molecule has 0 saturated carbocycles. The van der Waals surface area contributed by atoms with Crippen molar-refractivity contribution in [2.75, 3.05) is 0 Å². The van der Waals surface area contributed by atoms with Crippen molar-refractivity contribution in [1.82, 2.24) is 0 Å². The third kappa shape index (κ3) is 2.33. The first-order valence-electron chi connectivity index (χ1n) is 6.87. The molecule has 0 spiro atoms. The Morgan fingerprint density at radius 2 is 1.57 bits per heavy atom. The van der Waals surface area contributed by atoms with Gasteiger partial charge in [0.05, 0.1) is 0 Å². The molecule has 0 aliphatic rings. The van der Waals surface area contributed by atoms with E-state index in [1.54, 1.807) is 19.1 Å². The lowest BCUT2D eigenvalue weighted by molar-refractivity contribution is 0.104. The molecule has 0 fully saturated rings. The second-order valence-corrected chi connectivity index (χ2v) is 5.27. The maximum absolute atomic E-state index is 13.4. The molecule has 0 unspecified atom stereocenters. The number of rotatable bonds is 2. The Labute approximate surface area is 123 Å². The van der Waals surface area contributed by atoms with Crippen molar-refractivity contribution in [2.24, 2.45) is 0 Å². The molecule has 1 nitrogen and oxygen atoms in total. The van der Waals surface area contributed by atoms with E-state index in [4.69, 9.17) is 0 Å². The Bertz CT molecular complexity index is 849. The molecular formula is C19H15FO. The molecule has 0 aromatic heterocycles. The summed E-state index contributed by atoms with van der Waals surface area (Å²) in [6.45, 7) is 3.69. The maximum Gasteiger partial charge on any atom is 0.193 e. The minimum atomic E-state index is -0.291. The first-order valence-corrected chi connectivity index (χ1v) is 6.87. The molecule has 0 aliphatic carbocycles. The Morgan fingerprint density at radius 3 is 2.29 bits per heavy atom. The summed E-state index contributed by atoms with van der Waals surface area (Å²) in [6.07, 6.45) is 0. The highest BCUT2D eigenvalue weighted by Crippen LogP contribution is 2.25. The quantitative estimate of drug-likeness (QED) is 0.614. The van der Waals surface area contributed by atoms with Gasteiger partial charge >= 0.3 is 0 Å². The number of ketones is 1. The monoisotopic (exact) mass is 278 g/mol. The van der Waals surface area contributed by atoms with Crippen molar-refractivity contribution in [3.05, 3.63) is 82.7 Å². The zero-order valence-corrected chi connectivity index (χ0v) is 12.0. The Kier molecular flexibility index (Phi) is 3.30. The van der Waals surface area contributed by atoms with Crippen LogP contribution in [0, 0.1) is 19.7 Å². The third-order valence-electron chi connectivity index (χ3n) is 3.81. The lowest BCUT2D eigenvalue weighted by atomic mass is 9.94. The van der Waals surface area contributed by atoms with Crippen molar-refractivity contribution in [3.8, 4) is 0 Å². The highest BCUT2D eigenvalue weighted by molar-refractivity contribution is 6.16. The molecule has 21 heavy (non-hydrogen) atoms. The number of fused-ring (bicyclic) bond motifs is 1. The van der Waals surface area contributed by atoms with Gasteiger partial charge in [0.15, 0.2) is 5.78 Å². The molecule has 3 rings (SSSR count). The van der Waals surface area contributed by atoms with Gasteiger partial charge < -0.3 is 0 Å². The van der Waals surface area contributed by atoms with Crippen molar-refractivity contribution in [2.45, 2.75) is 13.8 Å². The second-order valence-electron chi connectivity index (χ2n) is 5.27. The van der Waals surface area contributed by atoms with Crippen LogP contribution >= 0.6 is 0 Å². The average molecular weight is 278 g/mol. The number of hydrogen-bond donors (Lipinski definition) is 0. The van der Waals surface area contributed by atoms with E-state index in [9.17, 15) is 9.18 Å². The summed E-state index contributed by atoms with van der Waals surface area (Å²) in [6, 6.07) is 16.1. The van der Waals surface area contributed by atoms with Crippen LogP contribution in [0.5, 0.6) is 0 Å². The zero-order chi connectivity index (χ0) is 15.0. The lowest BCUT2D eigenvalue weighted by Crippen LogP contribution is -2.03. The van der Waals surface area contributed by atoms with E-state index in [1.165, 1.54) is 6.07 Å². The van der Waals surface area contributed by atoms with Crippen LogP contribution in [0.25, 0.3) is 10.8 Å². The SMILES string of the molecule is Cc1cc(C(=O)c2ccc(C)c3ccccc23)ccc1F.